The van der Waals surface area contributed by atoms with E-state index in [0.717, 1.165) is 6.08 Å². The number of amides is 1. The molecule has 2 aromatic carbocycles. The second kappa shape index (κ2) is 10.2. The number of aliphatic hydroxyl groups is 1. The number of carboxylic acid groups (broad SMARTS) is 1. The van der Waals surface area contributed by atoms with Gasteiger partial charge in [0.15, 0.2) is 11.5 Å². The molecular weight excluding hydrogens is 394 g/mol. The molecule has 9 heteroatoms. The van der Waals surface area contributed by atoms with Crippen LogP contribution in [0.4, 0.5) is 10.5 Å². The Morgan fingerprint density at radius 1 is 1.17 bits per heavy atom. The SMILES string of the molecule is O=C(O)/C=C/C[C@@H](OC(=O)Nc1ccc2c(c1)OCO2)c1cccc(OCCO)c1. The van der Waals surface area contributed by atoms with Crippen molar-refractivity contribution in [3.63, 3.8) is 0 Å². The Morgan fingerprint density at radius 3 is 2.80 bits per heavy atom. The molecule has 1 amide bonds. The summed E-state index contributed by atoms with van der Waals surface area (Å²) in [4.78, 5) is 23.2. The summed E-state index contributed by atoms with van der Waals surface area (Å²) in [5.41, 5.74) is 1.07. The molecule has 1 aliphatic rings. The molecule has 0 aliphatic carbocycles. The fourth-order valence-electron chi connectivity index (χ4n) is 2.76. The summed E-state index contributed by atoms with van der Waals surface area (Å²) in [6.45, 7) is 0.109. The molecule has 3 rings (SSSR count). The number of anilines is 1. The first-order valence-electron chi connectivity index (χ1n) is 9.15. The van der Waals surface area contributed by atoms with E-state index in [2.05, 4.69) is 5.32 Å². The molecule has 0 bridgehead atoms. The number of ether oxygens (including phenoxy) is 4. The molecule has 0 aromatic heterocycles. The van der Waals surface area contributed by atoms with Crippen LogP contribution in [0.1, 0.15) is 18.1 Å². The molecule has 2 aromatic rings. The third-order valence-corrected chi connectivity index (χ3v) is 4.07. The summed E-state index contributed by atoms with van der Waals surface area (Å²) in [5, 5.41) is 20.3. The second-order valence-electron chi connectivity index (χ2n) is 6.21. The lowest BCUT2D eigenvalue weighted by Crippen LogP contribution is -2.17. The number of fused-ring (bicyclic) bond motifs is 1. The zero-order valence-electron chi connectivity index (χ0n) is 15.9. The third-order valence-electron chi connectivity index (χ3n) is 4.07. The van der Waals surface area contributed by atoms with E-state index in [4.69, 9.17) is 29.2 Å². The first-order chi connectivity index (χ1) is 14.5. The van der Waals surface area contributed by atoms with Gasteiger partial charge >= 0.3 is 12.1 Å². The summed E-state index contributed by atoms with van der Waals surface area (Å²) in [5.74, 6) is 0.500. The average Bonchev–Trinajstić information content (AvgIpc) is 3.19. The molecule has 0 saturated heterocycles. The van der Waals surface area contributed by atoms with Crippen molar-refractivity contribution in [1.82, 2.24) is 0 Å². The van der Waals surface area contributed by atoms with Gasteiger partial charge in [-0.05, 0) is 29.8 Å². The van der Waals surface area contributed by atoms with Crippen LogP contribution in [-0.4, -0.2) is 42.3 Å². The van der Waals surface area contributed by atoms with Crippen LogP contribution in [0, 0.1) is 0 Å². The zero-order chi connectivity index (χ0) is 21.3. The highest BCUT2D eigenvalue weighted by molar-refractivity contribution is 5.85. The summed E-state index contributed by atoms with van der Waals surface area (Å²) < 4.78 is 21.4. The summed E-state index contributed by atoms with van der Waals surface area (Å²) >= 11 is 0. The second-order valence-corrected chi connectivity index (χ2v) is 6.21. The maximum atomic E-state index is 12.4. The Morgan fingerprint density at radius 2 is 2.00 bits per heavy atom. The lowest BCUT2D eigenvalue weighted by molar-refractivity contribution is -0.131. The molecule has 1 aliphatic heterocycles. The fraction of sp³-hybridized carbons (Fsp3) is 0.238. The minimum Gasteiger partial charge on any atom is -0.491 e. The quantitative estimate of drug-likeness (QED) is 0.534. The minimum atomic E-state index is -1.10. The molecule has 0 unspecified atom stereocenters. The van der Waals surface area contributed by atoms with E-state index in [1.807, 2.05) is 0 Å². The molecule has 0 spiro atoms. The van der Waals surface area contributed by atoms with Crippen LogP contribution in [0.15, 0.2) is 54.6 Å². The van der Waals surface area contributed by atoms with Crippen molar-refractivity contribution in [2.75, 3.05) is 25.3 Å². The number of aliphatic carboxylic acids is 1. The molecule has 9 nitrogen and oxygen atoms in total. The molecule has 0 fully saturated rings. The van der Waals surface area contributed by atoms with Crippen LogP contribution in [0.3, 0.4) is 0 Å². The molecule has 1 atom stereocenters. The number of hydrogen-bond donors (Lipinski definition) is 3. The monoisotopic (exact) mass is 415 g/mol. The average molecular weight is 415 g/mol. The van der Waals surface area contributed by atoms with Crippen molar-refractivity contribution < 1.29 is 38.7 Å². The number of carbonyl (C=O) groups is 2. The van der Waals surface area contributed by atoms with E-state index in [9.17, 15) is 9.59 Å². The van der Waals surface area contributed by atoms with Gasteiger partial charge in [0.25, 0.3) is 0 Å². The van der Waals surface area contributed by atoms with Gasteiger partial charge < -0.3 is 29.2 Å². The molecule has 30 heavy (non-hydrogen) atoms. The Bertz CT molecular complexity index is 927. The largest absolute Gasteiger partial charge is 0.491 e. The Hall–Kier alpha value is -3.72. The van der Waals surface area contributed by atoms with Gasteiger partial charge in [-0.3, -0.25) is 5.32 Å². The predicted molar refractivity (Wildman–Crippen MR) is 106 cm³/mol. The van der Waals surface area contributed by atoms with Gasteiger partial charge in [0.2, 0.25) is 6.79 Å². The van der Waals surface area contributed by atoms with Crippen molar-refractivity contribution in [2.24, 2.45) is 0 Å². The van der Waals surface area contributed by atoms with Crippen LogP contribution in [0.2, 0.25) is 0 Å². The van der Waals surface area contributed by atoms with Gasteiger partial charge in [-0.2, -0.15) is 0 Å². The Labute approximate surface area is 172 Å². The van der Waals surface area contributed by atoms with Crippen LogP contribution in [-0.2, 0) is 9.53 Å². The van der Waals surface area contributed by atoms with Crippen LogP contribution < -0.4 is 19.5 Å². The van der Waals surface area contributed by atoms with Crippen molar-refractivity contribution in [1.29, 1.82) is 0 Å². The first-order valence-corrected chi connectivity index (χ1v) is 9.15. The lowest BCUT2D eigenvalue weighted by atomic mass is 10.1. The van der Waals surface area contributed by atoms with Crippen LogP contribution >= 0.6 is 0 Å². The van der Waals surface area contributed by atoms with Gasteiger partial charge in [-0.15, -0.1) is 0 Å². The number of aliphatic hydroxyl groups excluding tert-OH is 1. The van der Waals surface area contributed by atoms with E-state index < -0.39 is 18.2 Å². The van der Waals surface area contributed by atoms with Gasteiger partial charge in [0, 0.05) is 24.3 Å². The number of rotatable bonds is 9. The normalized spacial score (nSPS) is 13.1. The highest BCUT2D eigenvalue weighted by Gasteiger charge is 2.19. The maximum absolute atomic E-state index is 12.4. The lowest BCUT2D eigenvalue weighted by Gasteiger charge is -2.18. The van der Waals surface area contributed by atoms with E-state index in [0.29, 0.717) is 28.5 Å². The molecular formula is C21H21NO8. The minimum absolute atomic E-state index is 0.121. The highest BCUT2D eigenvalue weighted by atomic mass is 16.7. The summed E-state index contributed by atoms with van der Waals surface area (Å²) in [6.07, 6.45) is 1.06. The van der Waals surface area contributed by atoms with Gasteiger partial charge in [-0.25, -0.2) is 9.59 Å². The maximum Gasteiger partial charge on any atom is 0.412 e. The van der Waals surface area contributed by atoms with Crippen molar-refractivity contribution in [3.05, 3.63) is 60.2 Å². The molecule has 3 N–H and O–H groups in total. The third kappa shape index (κ3) is 5.89. The molecule has 0 radical (unpaired) electrons. The number of carbonyl (C=O) groups excluding carboxylic acids is 1. The van der Waals surface area contributed by atoms with Gasteiger partial charge in [0.05, 0.1) is 6.61 Å². The van der Waals surface area contributed by atoms with E-state index >= 15 is 0 Å². The summed E-state index contributed by atoms with van der Waals surface area (Å²) in [6, 6.07) is 11.8. The van der Waals surface area contributed by atoms with Gasteiger partial charge in [0.1, 0.15) is 18.5 Å². The number of benzene rings is 2. The zero-order valence-corrected chi connectivity index (χ0v) is 15.9. The van der Waals surface area contributed by atoms with Crippen molar-refractivity contribution >= 4 is 17.7 Å². The molecule has 1 heterocycles. The van der Waals surface area contributed by atoms with E-state index in [1.165, 1.54) is 6.08 Å². The predicted octanol–water partition coefficient (Wildman–Crippen LogP) is 3.11. The van der Waals surface area contributed by atoms with Crippen LogP contribution in [0.25, 0.3) is 0 Å². The topological polar surface area (TPSA) is 124 Å². The first kappa shape index (κ1) is 21.0. The number of carboxylic acids is 1. The number of nitrogens with one attached hydrogen (secondary N) is 1. The Kier molecular flexibility index (Phi) is 7.12. The highest BCUT2D eigenvalue weighted by Crippen LogP contribution is 2.34. The number of hydrogen-bond acceptors (Lipinski definition) is 7. The van der Waals surface area contributed by atoms with Crippen LogP contribution in [0.5, 0.6) is 17.2 Å². The summed E-state index contributed by atoms with van der Waals surface area (Å²) in [7, 11) is 0. The van der Waals surface area contributed by atoms with Gasteiger partial charge in [-0.1, -0.05) is 18.2 Å². The smallest absolute Gasteiger partial charge is 0.412 e. The Balaban J connectivity index is 1.71. The van der Waals surface area contributed by atoms with E-state index in [1.54, 1.807) is 42.5 Å². The molecule has 158 valence electrons. The molecule has 0 saturated carbocycles. The van der Waals surface area contributed by atoms with Crippen molar-refractivity contribution in [2.45, 2.75) is 12.5 Å². The standard InChI is InChI=1S/C21H21NO8/c23-9-10-27-16-4-1-3-14(11-16)17(5-2-6-20(24)25)30-21(26)22-15-7-8-18-19(12-15)29-13-28-18/h1-4,6-8,11-12,17,23H,5,9-10,13H2,(H,22,26)(H,24,25)/b6-2+/t17-/m1/s1. The van der Waals surface area contributed by atoms with E-state index in [-0.39, 0.29) is 26.4 Å². The van der Waals surface area contributed by atoms with Crippen molar-refractivity contribution in [3.8, 4) is 17.2 Å². The fourth-order valence-corrected chi connectivity index (χ4v) is 2.76.